The normalized spacial score (nSPS) is 14.1. The molecule has 0 saturated carbocycles. The number of thiazole rings is 1. The standard InChI is InChI=1S/C40H36ClN3O5S/c1-5-12-28-21-26(22-33(48-6-2)37(28)49-24-29-13-10-11-16-32(29)41)23-34-39(46)44-36(27-17-19-31(47-4)20-18-27)35(25(3)42-40(44)50-34)38(45)43-30-14-8-7-9-15-30/h5,7-11,13-23,36H,1,6,12,24H2,2-4H3,(H,43,45)/b34-23-/t36-/m0/s1. The number of benzene rings is 4. The molecular weight excluding hydrogens is 670 g/mol. The summed E-state index contributed by atoms with van der Waals surface area (Å²) in [5.74, 6) is 1.46. The van der Waals surface area contributed by atoms with Crippen LogP contribution >= 0.6 is 22.9 Å². The van der Waals surface area contributed by atoms with Crippen LogP contribution < -0.4 is 34.4 Å². The summed E-state index contributed by atoms with van der Waals surface area (Å²) in [6.45, 7) is 8.31. The third-order valence-corrected chi connectivity index (χ3v) is 9.53. The van der Waals surface area contributed by atoms with Crippen molar-refractivity contribution >= 4 is 40.6 Å². The molecular formula is C40H36ClN3O5S. The van der Waals surface area contributed by atoms with Gasteiger partial charge in [-0.05, 0) is 79.9 Å². The van der Waals surface area contributed by atoms with Crippen molar-refractivity contribution in [2.45, 2.75) is 32.9 Å². The molecule has 1 atom stereocenters. The molecule has 0 radical (unpaired) electrons. The van der Waals surface area contributed by atoms with E-state index in [-0.39, 0.29) is 18.1 Å². The number of ether oxygens (including phenoxy) is 3. The van der Waals surface area contributed by atoms with Gasteiger partial charge in [-0.15, -0.1) is 6.58 Å². The van der Waals surface area contributed by atoms with Crippen LogP contribution in [0.1, 0.15) is 42.1 Å². The summed E-state index contributed by atoms with van der Waals surface area (Å²) in [7, 11) is 1.59. The fraction of sp³-hybridized carbons (Fsp3) is 0.175. The van der Waals surface area contributed by atoms with E-state index < -0.39 is 6.04 Å². The highest BCUT2D eigenvalue weighted by Gasteiger charge is 2.32. The van der Waals surface area contributed by atoms with Gasteiger partial charge in [-0.3, -0.25) is 14.2 Å². The van der Waals surface area contributed by atoms with Crippen molar-refractivity contribution in [3.63, 3.8) is 0 Å². The van der Waals surface area contributed by atoms with Crippen LogP contribution in [-0.2, 0) is 17.8 Å². The van der Waals surface area contributed by atoms with Crippen molar-refractivity contribution < 1.29 is 19.0 Å². The minimum Gasteiger partial charge on any atom is -0.497 e. The number of anilines is 1. The second-order valence-electron chi connectivity index (χ2n) is 11.5. The summed E-state index contributed by atoms with van der Waals surface area (Å²) in [5.41, 5.74) is 4.48. The van der Waals surface area contributed by atoms with Gasteiger partial charge >= 0.3 is 0 Å². The third-order valence-electron chi connectivity index (χ3n) is 8.18. The van der Waals surface area contributed by atoms with E-state index in [0.29, 0.717) is 61.6 Å². The Kier molecular flexibility index (Phi) is 10.7. The van der Waals surface area contributed by atoms with Gasteiger partial charge < -0.3 is 19.5 Å². The molecule has 0 aliphatic carbocycles. The van der Waals surface area contributed by atoms with Gasteiger partial charge in [-0.2, -0.15) is 0 Å². The zero-order chi connectivity index (χ0) is 35.2. The maximum atomic E-state index is 14.4. The number of nitrogens with zero attached hydrogens (tertiary/aromatic N) is 2. The Morgan fingerprint density at radius 2 is 1.76 bits per heavy atom. The predicted octanol–water partition coefficient (Wildman–Crippen LogP) is 7.24. The maximum Gasteiger partial charge on any atom is 0.271 e. The summed E-state index contributed by atoms with van der Waals surface area (Å²) in [4.78, 5) is 33.5. The maximum absolute atomic E-state index is 14.4. The third kappa shape index (κ3) is 7.29. The van der Waals surface area contributed by atoms with E-state index in [4.69, 9.17) is 30.8 Å². The smallest absolute Gasteiger partial charge is 0.271 e. The van der Waals surface area contributed by atoms with E-state index in [9.17, 15) is 9.59 Å². The lowest BCUT2D eigenvalue weighted by molar-refractivity contribution is -0.113. The minimum absolute atomic E-state index is 0.257. The van der Waals surface area contributed by atoms with Crippen molar-refractivity contribution in [1.29, 1.82) is 0 Å². The van der Waals surface area contributed by atoms with Gasteiger partial charge in [-0.1, -0.05) is 77.5 Å². The predicted molar refractivity (Wildman–Crippen MR) is 199 cm³/mol. The van der Waals surface area contributed by atoms with Crippen LogP contribution in [0.2, 0.25) is 5.02 Å². The molecule has 0 saturated heterocycles. The number of amides is 1. The number of aromatic nitrogens is 1. The van der Waals surface area contributed by atoms with E-state index >= 15 is 0 Å². The highest BCUT2D eigenvalue weighted by Crippen LogP contribution is 2.36. The molecule has 8 nitrogen and oxygen atoms in total. The van der Waals surface area contributed by atoms with Crippen molar-refractivity contribution in [3.05, 3.63) is 162 Å². The largest absolute Gasteiger partial charge is 0.497 e. The molecule has 0 spiro atoms. The highest BCUT2D eigenvalue weighted by atomic mass is 35.5. The van der Waals surface area contributed by atoms with Gasteiger partial charge in [0.1, 0.15) is 12.4 Å². The van der Waals surface area contributed by atoms with Crippen LogP contribution in [0.5, 0.6) is 17.2 Å². The van der Waals surface area contributed by atoms with Crippen molar-refractivity contribution in [2.24, 2.45) is 4.99 Å². The number of rotatable bonds is 12. The molecule has 0 bridgehead atoms. The SMILES string of the molecule is C=CCc1cc(/C=c2\sc3n(c2=O)[C@@H](c2ccc(OC)cc2)C(C(=O)Nc2ccccc2)=C(C)N=3)cc(OCC)c1OCc1ccccc1Cl. The summed E-state index contributed by atoms with van der Waals surface area (Å²) in [6, 6.07) is 27.2. The van der Waals surface area contributed by atoms with Crippen LogP contribution in [0, 0.1) is 0 Å². The molecule has 0 fully saturated rings. The highest BCUT2D eigenvalue weighted by molar-refractivity contribution is 7.07. The van der Waals surface area contributed by atoms with E-state index in [2.05, 4.69) is 11.9 Å². The first-order chi connectivity index (χ1) is 24.3. The summed E-state index contributed by atoms with van der Waals surface area (Å²) in [6.07, 6.45) is 4.13. The van der Waals surface area contributed by atoms with Crippen LogP contribution in [0.15, 0.2) is 125 Å². The number of para-hydroxylation sites is 1. The molecule has 254 valence electrons. The molecule has 0 unspecified atom stereocenters. The summed E-state index contributed by atoms with van der Waals surface area (Å²) in [5, 5.41) is 3.60. The number of hydrogen-bond acceptors (Lipinski definition) is 7. The first-order valence-corrected chi connectivity index (χ1v) is 17.3. The van der Waals surface area contributed by atoms with Crippen LogP contribution in [0.3, 0.4) is 0 Å². The monoisotopic (exact) mass is 705 g/mol. The van der Waals surface area contributed by atoms with Gasteiger partial charge in [0.05, 0.1) is 35.6 Å². The second-order valence-corrected chi connectivity index (χ2v) is 12.9. The Labute approximate surface area is 299 Å². The van der Waals surface area contributed by atoms with Gasteiger partial charge in [0.15, 0.2) is 16.3 Å². The Hall–Kier alpha value is -5.38. The molecule has 50 heavy (non-hydrogen) atoms. The quantitative estimate of drug-likeness (QED) is 0.138. The number of halogens is 1. The molecule has 1 amide bonds. The number of methoxy groups -OCH3 is 1. The number of carbonyl (C=O) groups is 1. The van der Waals surface area contributed by atoms with Crippen LogP contribution in [0.25, 0.3) is 6.08 Å². The Balaban J connectivity index is 1.45. The number of allylic oxidation sites excluding steroid dienone is 2. The average Bonchev–Trinajstić information content (AvgIpc) is 3.42. The molecule has 1 aliphatic rings. The first kappa shape index (κ1) is 34.5. The molecule has 2 heterocycles. The van der Waals surface area contributed by atoms with E-state index in [1.54, 1.807) is 24.7 Å². The van der Waals surface area contributed by atoms with Gasteiger partial charge in [0, 0.05) is 21.8 Å². The fourth-order valence-corrected chi connectivity index (χ4v) is 7.09. The van der Waals surface area contributed by atoms with Crippen molar-refractivity contribution in [1.82, 2.24) is 4.57 Å². The molecule has 1 aromatic heterocycles. The van der Waals surface area contributed by atoms with E-state index in [0.717, 1.165) is 22.3 Å². The number of fused-ring (bicyclic) bond motifs is 1. The summed E-state index contributed by atoms with van der Waals surface area (Å²) < 4.78 is 19.8. The summed E-state index contributed by atoms with van der Waals surface area (Å²) >= 11 is 7.67. The van der Waals surface area contributed by atoms with Gasteiger partial charge in [-0.25, -0.2) is 4.99 Å². The molecule has 4 aromatic carbocycles. The lowest BCUT2D eigenvalue weighted by Gasteiger charge is -2.25. The lowest BCUT2D eigenvalue weighted by atomic mass is 9.95. The van der Waals surface area contributed by atoms with Crippen molar-refractivity contribution in [2.75, 3.05) is 19.0 Å². The molecule has 1 aliphatic heterocycles. The molecule has 6 rings (SSSR count). The number of carbonyl (C=O) groups excluding carboxylic acids is 1. The second kappa shape index (κ2) is 15.4. The number of nitrogens with one attached hydrogen (secondary N) is 1. The van der Waals surface area contributed by atoms with E-state index in [1.165, 1.54) is 11.3 Å². The minimum atomic E-state index is -0.723. The van der Waals surface area contributed by atoms with Gasteiger partial charge in [0.25, 0.3) is 11.5 Å². The average molecular weight is 706 g/mol. The molecule has 10 heteroatoms. The Morgan fingerprint density at radius 3 is 2.46 bits per heavy atom. The van der Waals surface area contributed by atoms with Crippen molar-refractivity contribution in [3.8, 4) is 17.2 Å². The molecule has 5 aromatic rings. The Bertz CT molecular complexity index is 2260. The zero-order valence-corrected chi connectivity index (χ0v) is 29.5. The van der Waals surface area contributed by atoms with Crippen LogP contribution in [0.4, 0.5) is 5.69 Å². The van der Waals surface area contributed by atoms with Crippen LogP contribution in [-0.4, -0.2) is 24.2 Å². The fourth-order valence-electron chi connectivity index (χ4n) is 5.85. The first-order valence-electron chi connectivity index (χ1n) is 16.1. The zero-order valence-electron chi connectivity index (χ0n) is 27.9. The number of hydrogen-bond donors (Lipinski definition) is 1. The topological polar surface area (TPSA) is 91.2 Å². The van der Waals surface area contributed by atoms with Gasteiger partial charge in [0.2, 0.25) is 0 Å². The van der Waals surface area contributed by atoms with E-state index in [1.807, 2.05) is 104 Å². The Morgan fingerprint density at radius 1 is 1.02 bits per heavy atom. The molecule has 1 N–H and O–H groups in total. The lowest BCUT2D eigenvalue weighted by Crippen LogP contribution is -2.40.